The van der Waals surface area contributed by atoms with Crippen LogP contribution in [-0.2, 0) is 9.53 Å². The summed E-state index contributed by atoms with van der Waals surface area (Å²) in [5.74, 6) is 0.527. The second kappa shape index (κ2) is 7.73. The Morgan fingerprint density at radius 1 is 1.28 bits per heavy atom. The molecular weight excluding hydrogens is 376 g/mol. The number of aryl methyl sites for hydroxylation is 1. The summed E-state index contributed by atoms with van der Waals surface area (Å²) in [6, 6.07) is 7.35. The van der Waals surface area contributed by atoms with E-state index in [0.717, 1.165) is 5.56 Å². The molecule has 1 fully saturated rings. The van der Waals surface area contributed by atoms with Crippen LogP contribution in [0, 0.1) is 6.92 Å². The van der Waals surface area contributed by atoms with Crippen molar-refractivity contribution in [2.75, 3.05) is 18.4 Å². The number of rotatable bonds is 4. The quantitative estimate of drug-likeness (QED) is 0.748. The van der Waals surface area contributed by atoms with Gasteiger partial charge in [-0.15, -0.1) is 0 Å². The summed E-state index contributed by atoms with van der Waals surface area (Å²) in [6.07, 6.45) is -0.378. The Labute approximate surface area is 169 Å². The maximum absolute atomic E-state index is 13.1. The molecule has 1 aromatic heterocycles. The predicted octanol–water partition coefficient (Wildman–Crippen LogP) is 3.31. The van der Waals surface area contributed by atoms with Crippen molar-refractivity contribution in [3.63, 3.8) is 0 Å². The number of hydrogen-bond acceptors (Lipinski definition) is 7. The normalized spacial score (nSPS) is 16.3. The molecule has 1 amide bonds. The van der Waals surface area contributed by atoms with Gasteiger partial charge in [-0.1, -0.05) is 17.3 Å². The number of anilines is 1. The number of hydrogen-bond donors (Lipinski definition) is 2. The summed E-state index contributed by atoms with van der Waals surface area (Å²) in [7, 11) is 0. The number of carbonyl (C=O) groups excluding carboxylic acids is 1. The summed E-state index contributed by atoms with van der Waals surface area (Å²) < 4.78 is 10.7. The number of piperidine rings is 1. The molecule has 0 atom stereocenters. The number of aromatic nitrogens is 2. The van der Waals surface area contributed by atoms with Crippen LogP contribution in [0.1, 0.15) is 39.5 Å². The van der Waals surface area contributed by atoms with E-state index in [1.165, 1.54) is 4.90 Å². The lowest BCUT2D eigenvalue weighted by Gasteiger charge is -2.41. The minimum absolute atomic E-state index is 0.241. The van der Waals surface area contributed by atoms with Crippen molar-refractivity contribution in [3.05, 3.63) is 30.2 Å². The highest BCUT2D eigenvalue weighted by atomic mass is 16.6. The molecule has 2 heterocycles. The monoisotopic (exact) mass is 402 g/mol. The molecule has 1 aliphatic heterocycles. The fraction of sp³-hybridized carbons (Fsp3) is 0.500. The second-order valence-corrected chi connectivity index (χ2v) is 8.20. The zero-order chi connectivity index (χ0) is 21.2. The van der Waals surface area contributed by atoms with Crippen LogP contribution in [0.3, 0.4) is 0 Å². The van der Waals surface area contributed by atoms with Gasteiger partial charge in [0.1, 0.15) is 11.1 Å². The molecule has 0 unspecified atom stereocenters. The minimum atomic E-state index is -1.02. The maximum atomic E-state index is 13.1. The summed E-state index contributed by atoms with van der Waals surface area (Å²) in [4.78, 5) is 29.9. The van der Waals surface area contributed by atoms with E-state index < -0.39 is 23.2 Å². The Balaban J connectivity index is 1.87. The molecule has 2 N–H and O–H groups in total. The van der Waals surface area contributed by atoms with E-state index in [4.69, 9.17) is 9.26 Å². The summed E-state index contributed by atoms with van der Waals surface area (Å²) in [5, 5.41) is 16.5. The van der Waals surface area contributed by atoms with Crippen LogP contribution in [0.2, 0.25) is 0 Å². The van der Waals surface area contributed by atoms with E-state index in [1.807, 2.05) is 45.0 Å². The highest BCUT2D eigenvalue weighted by Crippen LogP contribution is 2.31. The Morgan fingerprint density at radius 3 is 2.52 bits per heavy atom. The number of nitrogens with one attached hydrogen (secondary N) is 1. The van der Waals surface area contributed by atoms with Crippen molar-refractivity contribution >= 4 is 17.7 Å². The number of likely N-dealkylation sites (tertiary alicyclic amines) is 1. The lowest BCUT2D eigenvalue weighted by molar-refractivity contribution is -0.162. The van der Waals surface area contributed by atoms with Crippen molar-refractivity contribution in [1.29, 1.82) is 0 Å². The van der Waals surface area contributed by atoms with Crippen molar-refractivity contribution < 1.29 is 24.0 Å². The highest BCUT2D eigenvalue weighted by Gasteiger charge is 2.45. The molecule has 0 spiro atoms. The smallest absolute Gasteiger partial charge is 0.407 e. The molecule has 0 aliphatic carbocycles. The highest BCUT2D eigenvalue weighted by molar-refractivity contribution is 5.86. The lowest BCUT2D eigenvalue weighted by Crippen LogP contribution is -2.57. The standard InChI is InChI=1S/C20H26N4O5/c1-13-21-16(23-29-13)14-6-5-7-15(12-14)22-20(17(25)28-19(2,3)4)8-10-24(11-9-20)18(26)27/h5-7,12,22H,8-11H2,1-4H3,(H,26,27). The molecule has 3 rings (SSSR count). The van der Waals surface area contributed by atoms with Crippen molar-refractivity contribution in [2.45, 2.75) is 51.7 Å². The number of esters is 1. The third-order valence-corrected chi connectivity index (χ3v) is 4.71. The van der Waals surface area contributed by atoms with Gasteiger partial charge in [0, 0.05) is 31.3 Å². The molecule has 29 heavy (non-hydrogen) atoms. The van der Waals surface area contributed by atoms with Gasteiger partial charge in [-0.05, 0) is 45.7 Å². The number of carboxylic acid groups (broad SMARTS) is 1. The largest absolute Gasteiger partial charge is 0.465 e. The Kier molecular flexibility index (Phi) is 5.50. The lowest BCUT2D eigenvalue weighted by atomic mass is 9.86. The molecule has 0 radical (unpaired) electrons. The van der Waals surface area contributed by atoms with E-state index in [-0.39, 0.29) is 13.1 Å². The number of nitrogens with zero attached hydrogens (tertiary/aromatic N) is 3. The average molecular weight is 402 g/mol. The zero-order valence-corrected chi connectivity index (χ0v) is 17.1. The van der Waals surface area contributed by atoms with Crippen molar-refractivity contribution in [1.82, 2.24) is 15.0 Å². The first kappa shape index (κ1) is 20.6. The van der Waals surface area contributed by atoms with E-state index in [0.29, 0.717) is 30.2 Å². The zero-order valence-electron chi connectivity index (χ0n) is 17.1. The van der Waals surface area contributed by atoms with Gasteiger partial charge in [0.05, 0.1) is 0 Å². The molecule has 9 heteroatoms. The molecule has 0 bridgehead atoms. The molecule has 0 saturated carbocycles. The predicted molar refractivity (Wildman–Crippen MR) is 106 cm³/mol. The molecule has 156 valence electrons. The first-order valence-electron chi connectivity index (χ1n) is 9.48. The van der Waals surface area contributed by atoms with Crippen molar-refractivity contribution in [3.8, 4) is 11.4 Å². The van der Waals surface area contributed by atoms with E-state index in [9.17, 15) is 14.7 Å². The third-order valence-electron chi connectivity index (χ3n) is 4.71. The molecular formula is C20H26N4O5. The van der Waals surface area contributed by atoms with E-state index >= 15 is 0 Å². The SMILES string of the molecule is Cc1nc(-c2cccc(NC3(C(=O)OC(C)(C)C)CCN(C(=O)O)CC3)c2)no1. The number of ether oxygens (including phenoxy) is 1. The van der Waals surface area contributed by atoms with Crippen molar-refractivity contribution in [2.24, 2.45) is 0 Å². The van der Waals surface area contributed by atoms with E-state index in [1.54, 1.807) is 6.92 Å². The van der Waals surface area contributed by atoms with Crippen LogP contribution in [0.15, 0.2) is 28.8 Å². The number of carbonyl (C=O) groups is 2. The minimum Gasteiger partial charge on any atom is -0.465 e. The molecule has 1 aliphatic rings. The van der Waals surface area contributed by atoms with Gasteiger partial charge < -0.3 is 24.6 Å². The van der Waals surface area contributed by atoms with Gasteiger partial charge in [0.2, 0.25) is 11.7 Å². The van der Waals surface area contributed by atoms with Gasteiger partial charge in [0.25, 0.3) is 0 Å². The summed E-state index contributed by atoms with van der Waals surface area (Å²) in [5.41, 5.74) is -0.237. The second-order valence-electron chi connectivity index (χ2n) is 8.20. The molecule has 2 aromatic rings. The van der Waals surface area contributed by atoms with Crippen LogP contribution in [-0.4, -0.2) is 56.4 Å². The van der Waals surface area contributed by atoms with Crippen LogP contribution >= 0.6 is 0 Å². The number of benzene rings is 1. The topological polar surface area (TPSA) is 118 Å². The first-order valence-corrected chi connectivity index (χ1v) is 9.48. The maximum Gasteiger partial charge on any atom is 0.407 e. The summed E-state index contributed by atoms with van der Waals surface area (Å²) in [6.45, 7) is 7.63. The van der Waals surface area contributed by atoms with E-state index in [2.05, 4.69) is 15.5 Å². The van der Waals surface area contributed by atoms with Crippen LogP contribution in [0.5, 0.6) is 0 Å². The third kappa shape index (κ3) is 4.85. The van der Waals surface area contributed by atoms with Crippen LogP contribution in [0.4, 0.5) is 10.5 Å². The van der Waals surface area contributed by atoms with Gasteiger partial charge in [-0.25, -0.2) is 9.59 Å². The molecule has 9 nitrogen and oxygen atoms in total. The van der Waals surface area contributed by atoms with Crippen LogP contribution < -0.4 is 5.32 Å². The van der Waals surface area contributed by atoms with Gasteiger partial charge >= 0.3 is 12.1 Å². The fourth-order valence-electron chi connectivity index (χ4n) is 3.26. The Bertz CT molecular complexity index is 894. The Hall–Kier alpha value is -3.10. The van der Waals surface area contributed by atoms with Gasteiger partial charge in [-0.2, -0.15) is 4.98 Å². The van der Waals surface area contributed by atoms with Gasteiger partial charge in [-0.3, -0.25) is 0 Å². The summed E-state index contributed by atoms with van der Waals surface area (Å²) >= 11 is 0. The molecule has 1 saturated heterocycles. The van der Waals surface area contributed by atoms with Gasteiger partial charge in [0.15, 0.2) is 0 Å². The average Bonchev–Trinajstić information content (AvgIpc) is 3.07. The molecule has 1 aromatic carbocycles. The van der Waals surface area contributed by atoms with Crippen LogP contribution in [0.25, 0.3) is 11.4 Å². The first-order chi connectivity index (χ1) is 13.6. The number of amides is 1. The Morgan fingerprint density at radius 2 is 1.97 bits per heavy atom. The fourth-order valence-corrected chi connectivity index (χ4v) is 3.26.